The number of Topliss-reactive ketones (excluding diaryl/α,β-unsaturated/α-hetero) is 1. The van der Waals surface area contributed by atoms with Crippen molar-refractivity contribution in [2.24, 2.45) is 0 Å². The van der Waals surface area contributed by atoms with Gasteiger partial charge in [-0.15, -0.1) is 0 Å². The molecule has 2 rings (SSSR count). The van der Waals surface area contributed by atoms with Gasteiger partial charge >= 0.3 is 0 Å². The van der Waals surface area contributed by atoms with E-state index < -0.39 is 0 Å². The molecule has 0 aliphatic heterocycles. The van der Waals surface area contributed by atoms with E-state index in [2.05, 4.69) is 15.9 Å². The van der Waals surface area contributed by atoms with Crippen molar-refractivity contribution in [2.45, 2.75) is 0 Å². The molecule has 0 bridgehead atoms. The number of ketones is 1. The average molecular weight is 306 g/mol. The Balaban J connectivity index is 2.07. The first-order chi connectivity index (χ1) is 8.68. The maximum absolute atomic E-state index is 11.9. The van der Waals surface area contributed by atoms with Gasteiger partial charge in [-0.2, -0.15) is 0 Å². The summed E-state index contributed by atoms with van der Waals surface area (Å²) in [5, 5.41) is 0. The molecule has 2 aromatic rings. The maximum atomic E-state index is 11.9. The van der Waals surface area contributed by atoms with Gasteiger partial charge in [-0.3, -0.25) is 4.79 Å². The van der Waals surface area contributed by atoms with Crippen molar-refractivity contribution in [3.05, 3.63) is 58.6 Å². The van der Waals surface area contributed by atoms with Crippen LogP contribution in [0.1, 0.15) is 10.4 Å². The van der Waals surface area contributed by atoms with E-state index in [1.807, 2.05) is 30.3 Å². The predicted molar refractivity (Wildman–Crippen MR) is 74.8 cm³/mol. The lowest BCUT2D eigenvalue weighted by Crippen LogP contribution is -2.12. The van der Waals surface area contributed by atoms with Crippen molar-refractivity contribution >= 4 is 27.4 Å². The summed E-state index contributed by atoms with van der Waals surface area (Å²) < 4.78 is 6.20. The van der Waals surface area contributed by atoms with Crippen LogP contribution < -0.4 is 10.5 Å². The number of benzene rings is 2. The summed E-state index contributed by atoms with van der Waals surface area (Å²) in [6, 6.07) is 14.4. The highest BCUT2D eigenvalue weighted by Gasteiger charge is 2.09. The van der Waals surface area contributed by atoms with Crippen LogP contribution in [0.15, 0.2) is 53.0 Å². The molecule has 2 aromatic carbocycles. The third-order valence-electron chi connectivity index (χ3n) is 2.44. The molecule has 0 radical (unpaired) electrons. The largest absolute Gasteiger partial charge is 0.482 e. The minimum absolute atomic E-state index is 0.0309. The van der Waals surface area contributed by atoms with Crippen LogP contribution in [0.4, 0.5) is 5.69 Å². The fraction of sp³-hybridized carbons (Fsp3) is 0.0714. The van der Waals surface area contributed by atoms with E-state index in [1.54, 1.807) is 18.2 Å². The lowest BCUT2D eigenvalue weighted by molar-refractivity contribution is 0.0921. The predicted octanol–water partition coefficient (Wildman–Crippen LogP) is 3.29. The Kier molecular flexibility index (Phi) is 3.99. The number of hydrogen-bond acceptors (Lipinski definition) is 3. The second-order valence-corrected chi connectivity index (χ2v) is 4.59. The van der Waals surface area contributed by atoms with Crippen molar-refractivity contribution < 1.29 is 9.53 Å². The van der Waals surface area contributed by atoms with Gasteiger partial charge in [0.25, 0.3) is 0 Å². The smallest absolute Gasteiger partial charge is 0.200 e. The van der Waals surface area contributed by atoms with E-state index >= 15 is 0 Å². The highest BCUT2D eigenvalue weighted by molar-refractivity contribution is 9.10. The third kappa shape index (κ3) is 2.90. The number of hydrogen-bond donors (Lipinski definition) is 1. The number of carbonyl (C=O) groups is 1. The molecule has 0 aliphatic rings. The number of ether oxygens (including phenoxy) is 1. The molecule has 92 valence electrons. The molecule has 0 atom stereocenters. The van der Waals surface area contributed by atoms with Gasteiger partial charge in [0.05, 0.1) is 10.2 Å². The molecule has 0 aliphatic carbocycles. The van der Waals surface area contributed by atoms with Crippen molar-refractivity contribution in [3.8, 4) is 5.75 Å². The maximum Gasteiger partial charge on any atom is 0.200 e. The highest BCUT2D eigenvalue weighted by Crippen LogP contribution is 2.30. The van der Waals surface area contributed by atoms with Crippen molar-refractivity contribution in [1.29, 1.82) is 0 Å². The zero-order chi connectivity index (χ0) is 13.0. The van der Waals surface area contributed by atoms with Gasteiger partial charge in [-0.05, 0) is 28.1 Å². The molecule has 3 nitrogen and oxygen atoms in total. The molecular formula is C14H12BrNO2. The molecule has 0 spiro atoms. The third-order valence-corrected chi connectivity index (χ3v) is 3.07. The number of carbonyl (C=O) groups excluding carboxylic acids is 1. The molecule has 0 aromatic heterocycles. The van der Waals surface area contributed by atoms with Gasteiger partial charge in [0.1, 0.15) is 0 Å². The number of halogens is 1. The van der Waals surface area contributed by atoms with Gasteiger partial charge < -0.3 is 10.5 Å². The summed E-state index contributed by atoms with van der Waals surface area (Å²) in [7, 11) is 0. The summed E-state index contributed by atoms with van der Waals surface area (Å²) in [6.45, 7) is -0.0309. The number of anilines is 1. The van der Waals surface area contributed by atoms with Crippen LogP contribution in [0.25, 0.3) is 0 Å². The zero-order valence-electron chi connectivity index (χ0n) is 9.60. The van der Waals surface area contributed by atoms with E-state index in [0.717, 1.165) is 4.47 Å². The van der Waals surface area contributed by atoms with Crippen LogP contribution in [0.2, 0.25) is 0 Å². The Hall–Kier alpha value is -1.81. The molecule has 0 saturated carbocycles. The Morgan fingerprint density at radius 2 is 1.83 bits per heavy atom. The van der Waals surface area contributed by atoms with Crippen molar-refractivity contribution in [2.75, 3.05) is 12.3 Å². The molecule has 2 N–H and O–H groups in total. The summed E-state index contributed by atoms with van der Waals surface area (Å²) >= 11 is 3.34. The van der Waals surface area contributed by atoms with Gasteiger partial charge in [-0.25, -0.2) is 0 Å². The summed E-state index contributed by atoms with van der Waals surface area (Å²) in [6.07, 6.45) is 0. The van der Waals surface area contributed by atoms with Gasteiger partial charge in [0, 0.05) is 5.56 Å². The highest BCUT2D eigenvalue weighted by atomic mass is 79.9. The molecule has 0 fully saturated rings. The Morgan fingerprint density at radius 3 is 2.50 bits per heavy atom. The van der Waals surface area contributed by atoms with Crippen LogP contribution in [-0.4, -0.2) is 12.4 Å². The quantitative estimate of drug-likeness (QED) is 0.696. The Labute approximate surface area is 114 Å². The molecule has 18 heavy (non-hydrogen) atoms. The van der Waals surface area contributed by atoms with Crippen LogP contribution in [0.5, 0.6) is 5.75 Å². The summed E-state index contributed by atoms with van der Waals surface area (Å²) in [5.41, 5.74) is 6.91. The normalized spacial score (nSPS) is 10.1. The molecule has 0 unspecified atom stereocenters. The Bertz CT molecular complexity index is 535. The number of para-hydroxylation sites is 1. The lowest BCUT2D eigenvalue weighted by Gasteiger charge is -2.09. The Morgan fingerprint density at radius 1 is 1.11 bits per heavy atom. The van der Waals surface area contributed by atoms with E-state index in [0.29, 0.717) is 17.0 Å². The second-order valence-electron chi connectivity index (χ2n) is 3.74. The molecule has 4 heteroatoms. The van der Waals surface area contributed by atoms with Crippen LogP contribution in [0, 0.1) is 0 Å². The topological polar surface area (TPSA) is 52.3 Å². The minimum atomic E-state index is -0.0780. The zero-order valence-corrected chi connectivity index (χ0v) is 11.2. The van der Waals surface area contributed by atoms with E-state index in [9.17, 15) is 4.79 Å². The SMILES string of the molecule is Nc1cccc(Br)c1OCC(=O)c1ccccc1. The standard InChI is InChI=1S/C14H12BrNO2/c15-11-7-4-8-12(16)14(11)18-9-13(17)10-5-2-1-3-6-10/h1-8H,9,16H2. The lowest BCUT2D eigenvalue weighted by atomic mass is 10.1. The molecule has 0 saturated heterocycles. The van der Waals surface area contributed by atoms with Crippen molar-refractivity contribution in [3.63, 3.8) is 0 Å². The minimum Gasteiger partial charge on any atom is -0.482 e. The summed E-state index contributed by atoms with van der Waals surface area (Å²) in [5.74, 6) is 0.424. The van der Waals surface area contributed by atoms with Crippen LogP contribution in [0.3, 0.4) is 0 Å². The first kappa shape index (κ1) is 12.6. The van der Waals surface area contributed by atoms with Crippen LogP contribution >= 0.6 is 15.9 Å². The second kappa shape index (κ2) is 5.69. The van der Waals surface area contributed by atoms with Gasteiger partial charge in [-0.1, -0.05) is 36.4 Å². The van der Waals surface area contributed by atoms with Gasteiger partial charge in [0.2, 0.25) is 0 Å². The first-order valence-electron chi connectivity index (χ1n) is 5.43. The number of nitrogens with two attached hydrogens (primary N) is 1. The summed E-state index contributed by atoms with van der Waals surface area (Å²) in [4.78, 5) is 11.9. The van der Waals surface area contributed by atoms with Crippen LogP contribution in [-0.2, 0) is 0 Å². The fourth-order valence-electron chi connectivity index (χ4n) is 1.52. The van der Waals surface area contributed by atoms with E-state index in [1.165, 1.54) is 0 Å². The van der Waals surface area contributed by atoms with Gasteiger partial charge in [0.15, 0.2) is 18.1 Å². The average Bonchev–Trinajstić information content (AvgIpc) is 2.39. The van der Waals surface area contributed by atoms with Crippen molar-refractivity contribution in [1.82, 2.24) is 0 Å². The van der Waals surface area contributed by atoms with E-state index in [4.69, 9.17) is 10.5 Å². The first-order valence-corrected chi connectivity index (χ1v) is 6.23. The number of nitrogen functional groups attached to an aromatic ring is 1. The van der Waals surface area contributed by atoms with E-state index in [-0.39, 0.29) is 12.4 Å². The fourth-order valence-corrected chi connectivity index (χ4v) is 2.02. The molecule has 0 heterocycles. The number of rotatable bonds is 4. The molecule has 0 amide bonds. The molecular weight excluding hydrogens is 294 g/mol. The monoisotopic (exact) mass is 305 g/mol.